The number of carbonyl (C=O) groups excluding carboxylic acids is 3. The number of benzene rings is 1. The number of hydrogen-bond donors (Lipinski definition) is 4. The molecule has 1 aromatic carbocycles. The number of pyridine rings is 1. The number of aliphatic hydroxyl groups is 1. The van der Waals surface area contributed by atoms with E-state index in [-0.39, 0.29) is 22.4 Å². The summed E-state index contributed by atoms with van der Waals surface area (Å²) >= 11 is 6.41. The molecule has 3 aromatic rings. The second-order valence-corrected chi connectivity index (χ2v) is 12.3. The van der Waals surface area contributed by atoms with E-state index < -0.39 is 30.0 Å². The fourth-order valence-electron chi connectivity index (χ4n) is 5.07. The zero-order valence-corrected chi connectivity index (χ0v) is 27.2. The molecule has 13 nitrogen and oxygen atoms in total. The first-order valence-electron chi connectivity index (χ1n) is 15.6. The number of aryl methyl sites for hydroxylation is 1. The largest absolute Gasteiger partial charge is 0.492 e. The number of amides is 3. The number of nitrogens with one attached hydrogen (secondary N) is 3. The average molecular weight is 655 g/mol. The third-order valence-corrected chi connectivity index (χ3v) is 7.82. The molecule has 46 heavy (non-hydrogen) atoms. The quantitative estimate of drug-likeness (QED) is 0.301. The van der Waals surface area contributed by atoms with E-state index >= 15 is 0 Å². The van der Waals surface area contributed by atoms with E-state index in [0.29, 0.717) is 64.3 Å². The molecule has 0 spiro atoms. The van der Waals surface area contributed by atoms with Crippen molar-refractivity contribution < 1.29 is 24.2 Å². The SMILES string of the molecule is CC(C)C[C@H]1NC(=O)[C@H]([C@@H](C)O)NC(=O)c2ccc(c(Cl)c2)OCCCn2cc(nn2)CCN(Cc2ccncc2)CCNC1=O. The van der Waals surface area contributed by atoms with Gasteiger partial charge in [0.15, 0.2) is 0 Å². The first-order valence-corrected chi connectivity index (χ1v) is 16.0. The number of hydrogen-bond acceptors (Lipinski definition) is 9. The summed E-state index contributed by atoms with van der Waals surface area (Å²) < 4.78 is 7.61. The van der Waals surface area contributed by atoms with Gasteiger partial charge in [0, 0.05) is 69.7 Å². The molecule has 248 valence electrons. The van der Waals surface area contributed by atoms with Gasteiger partial charge in [0.2, 0.25) is 11.8 Å². The highest BCUT2D eigenvalue weighted by atomic mass is 35.5. The van der Waals surface area contributed by atoms with Gasteiger partial charge in [-0.1, -0.05) is 30.7 Å². The predicted octanol–water partition coefficient (Wildman–Crippen LogP) is 1.98. The summed E-state index contributed by atoms with van der Waals surface area (Å²) in [5.41, 5.74) is 2.13. The summed E-state index contributed by atoms with van der Waals surface area (Å²) in [5.74, 6) is -1.13. The van der Waals surface area contributed by atoms with Crippen molar-refractivity contribution in [1.29, 1.82) is 0 Å². The summed E-state index contributed by atoms with van der Waals surface area (Å²) in [7, 11) is 0. The van der Waals surface area contributed by atoms with Gasteiger partial charge in [0.25, 0.3) is 5.91 Å². The van der Waals surface area contributed by atoms with E-state index in [4.69, 9.17) is 16.3 Å². The zero-order valence-electron chi connectivity index (χ0n) is 26.5. The van der Waals surface area contributed by atoms with Crippen LogP contribution in [0.2, 0.25) is 5.02 Å². The highest BCUT2D eigenvalue weighted by Crippen LogP contribution is 2.26. The van der Waals surface area contributed by atoms with Crippen LogP contribution in [0.25, 0.3) is 0 Å². The lowest BCUT2D eigenvalue weighted by molar-refractivity contribution is -0.131. The molecule has 4 N–H and O–H groups in total. The second-order valence-electron chi connectivity index (χ2n) is 11.9. The summed E-state index contributed by atoms with van der Waals surface area (Å²) in [5, 5.41) is 27.5. The summed E-state index contributed by atoms with van der Waals surface area (Å²) in [6.07, 6.45) is 5.87. The van der Waals surface area contributed by atoms with Gasteiger partial charge in [-0.3, -0.25) is 28.9 Å². The van der Waals surface area contributed by atoms with Gasteiger partial charge in [0.1, 0.15) is 17.8 Å². The Balaban J connectivity index is 1.55. The molecule has 3 atom stereocenters. The number of fused-ring (bicyclic) bond motifs is 17. The van der Waals surface area contributed by atoms with Crippen molar-refractivity contribution in [2.75, 3.05) is 26.2 Å². The van der Waals surface area contributed by atoms with Gasteiger partial charge < -0.3 is 25.8 Å². The minimum Gasteiger partial charge on any atom is -0.492 e. The van der Waals surface area contributed by atoms with Crippen LogP contribution in [0.4, 0.5) is 0 Å². The molecule has 2 aromatic heterocycles. The summed E-state index contributed by atoms with van der Waals surface area (Å²) in [6, 6.07) is 6.29. The van der Waals surface area contributed by atoms with E-state index in [1.807, 2.05) is 32.2 Å². The molecule has 0 saturated heterocycles. The monoisotopic (exact) mass is 654 g/mol. The van der Waals surface area contributed by atoms with Crippen molar-refractivity contribution in [3.8, 4) is 5.75 Å². The lowest BCUT2D eigenvalue weighted by Gasteiger charge is -2.26. The molecule has 2 aliphatic heterocycles. The standard InChI is InChI=1S/C32H43ClN8O5/c1-21(2)17-27-31(44)35-12-15-40(19-23-7-10-34-11-8-23)14-9-25-20-41(39-38-25)13-4-16-46-28-6-5-24(18-26(28)33)30(43)37-29(22(3)42)32(45)36-27/h5-8,10-11,18,20-22,27,29,42H,4,9,12-17,19H2,1-3H3,(H,35,44)(H,36,45)(H,37,43)/t22-,27-,29+/m1/s1. The minimum absolute atomic E-state index is 0.0852. The van der Waals surface area contributed by atoms with Crippen LogP contribution in [0.15, 0.2) is 48.9 Å². The van der Waals surface area contributed by atoms with Crippen molar-refractivity contribution >= 4 is 29.3 Å². The third kappa shape index (κ3) is 10.5. The van der Waals surface area contributed by atoms with Gasteiger partial charge in [-0.2, -0.15) is 0 Å². The smallest absolute Gasteiger partial charge is 0.252 e. The topological polar surface area (TPSA) is 164 Å². The molecule has 4 bridgehead atoms. The number of nitrogens with zero attached hydrogens (tertiary/aromatic N) is 5. The third-order valence-electron chi connectivity index (χ3n) is 7.53. The van der Waals surface area contributed by atoms with Crippen LogP contribution >= 0.6 is 11.6 Å². The van der Waals surface area contributed by atoms with Crippen molar-refractivity contribution in [2.45, 2.75) is 71.3 Å². The summed E-state index contributed by atoms with van der Waals surface area (Å²) in [4.78, 5) is 46.1. The molecular weight excluding hydrogens is 612 g/mol. The van der Waals surface area contributed by atoms with Crippen LogP contribution < -0.4 is 20.7 Å². The molecule has 3 amide bonds. The van der Waals surface area contributed by atoms with E-state index in [1.165, 1.54) is 19.1 Å². The maximum atomic E-state index is 13.4. The van der Waals surface area contributed by atoms with Gasteiger partial charge >= 0.3 is 0 Å². The fraction of sp³-hybridized carbons (Fsp3) is 0.500. The van der Waals surface area contributed by atoms with Crippen LogP contribution in [0.1, 0.15) is 55.2 Å². The van der Waals surface area contributed by atoms with Crippen molar-refractivity contribution in [3.63, 3.8) is 0 Å². The Morgan fingerprint density at radius 1 is 1.04 bits per heavy atom. The number of halogens is 1. The second kappa shape index (κ2) is 17.0. The molecular formula is C32H43ClN8O5. The first-order chi connectivity index (χ1) is 22.1. The van der Waals surface area contributed by atoms with E-state index in [2.05, 4.69) is 36.1 Å². The van der Waals surface area contributed by atoms with Crippen LogP contribution in [-0.4, -0.2) is 92.1 Å². The molecule has 0 radical (unpaired) electrons. The molecule has 4 heterocycles. The van der Waals surface area contributed by atoms with Gasteiger partial charge in [0.05, 0.1) is 23.4 Å². The van der Waals surface area contributed by atoms with Crippen molar-refractivity contribution in [2.24, 2.45) is 5.92 Å². The average Bonchev–Trinajstić information content (AvgIpc) is 3.48. The van der Waals surface area contributed by atoms with Crippen molar-refractivity contribution in [3.05, 3.63) is 70.8 Å². The zero-order chi connectivity index (χ0) is 33.1. The highest BCUT2D eigenvalue weighted by Gasteiger charge is 2.30. The van der Waals surface area contributed by atoms with Crippen LogP contribution in [0, 0.1) is 5.92 Å². The van der Waals surface area contributed by atoms with Gasteiger partial charge in [-0.15, -0.1) is 5.10 Å². The Morgan fingerprint density at radius 2 is 1.83 bits per heavy atom. The number of aliphatic hydroxyl groups excluding tert-OH is 1. The van der Waals surface area contributed by atoms with Crippen LogP contribution in [0.5, 0.6) is 5.75 Å². The molecule has 14 heteroatoms. The Hall–Kier alpha value is -4.07. The fourth-order valence-corrected chi connectivity index (χ4v) is 5.31. The number of ether oxygens (including phenoxy) is 1. The number of rotatable bonds is 5. The van der Waals surface area contributed by atoms with E-state index in [1.54, 1.807) is 23.1 Å². The Morgan fingerprint density at radius 3 is 2.54 bits per heavy atom. The lowest BCUT2D eigenvalue weighted by Crippen LogP contribution is -2.57. The Kier molecular flexibility index (Phi) is 12.9. The number of carbonyl (C=O) groups is 3. The van der Waals surface area contributed by atoms with E-state index in [9.17, 15) is 19.5 Å². The molecule has 0 saturated carbocycles. The Labute approximate surface area is 274 Å². The van der Waals surface area contributed by atoms with Crippen LogP contribution in [0.3, 0.4) is 0 Å². The molecule has 5 rings (SSSR count). The first kappa shape index (κ1) is 34.8. The summed E-state index contributed by atoms with van der Waals surface area (Å²) in [6.45, 7) is 8.48. The Bertz CT molecular complexity index is 1450. The minimum atomic E-state index is -1.30. The maximum absolute atomic E-state index is 13.4. The molecule has 2 aliphatic rings. The normalized spacial score (nSPS) is 20.3. The van der Waals surface area contributed by atoms with Crippen molar-refractivity contribution in [1.82, 2.24) is 40.8 Å². The predicted molar refractivity (Wildman–Crippen MR) is 172 cm³/mol. The molecule has 0 aliphatic carbocycles. The molecule has 0 fully saturated rings. The maximum Gasteiger partial charge on any atom is 0.252 e. The molecule has 0 unspecified atom stereocenters. The lowest BCUT2D eigenvalue weighted by atomic mass is 10.0. The van der Waals surface area contributed by atoms with E-state index in [0.717, 1.165) is 11.3 Å². The number of aromatic nitrogens is 4. The van der Waals surface area contributed by atoms with Crippen LogP contribution in [-0.2, 0) is 29.1 Å². The van der Waals surface area contributed by atoms with Gasteiger partial charge in [-0.25, -0.2) is 0 Å². The highest BCUT2D eigenvalue weighted by molar-refractivity contribution is 6.32. The van der Waals surface area contributed by atoms with Gasteiger partial charge in [-0.05, 0) is 55.2 Å².